The minimum atomic E-state index is -0.727. The summed E-state index contributed by atoms with van der Waals surface area (Å²) >= 11 is 3.42. The number of halogens is 1. The van der Waals surface area contributed by atoms with Crippen LogP contribution < -0.4 is 19.5 Å². The van der Waals surface area contributed by atoms with Crippen LogP contribution in [0.1, 0.15) is 63.5 Å². The Morgan fingerprint density at radius 1 is 1.05 bits per heavy atom. The Kier molecular flexibility index (Phi) is 10.2. The van der Waals surface area contributed by atoms with E-state index < -0.39 is 11.9 Å². The number of phenols is 1. The van der Waals surface area contributed by atoms with Crippen LogP contribution in [0.3, 0.4) is 0 Å². The van der Waals surface area contributed by atoms with Gasteiger partial charge in [0.1, 0.15) is 6.61 Å². The molecule has 0 saturated heterocycles. The first kappa shape index (κ1) is 31.4. The second-order valence-corrected chi connectivity index (χ2v) is 11.3. The molecule has 42 heavy (non-hydrogen) atoms. The zero-order valence-corrected chi connectivity index (χ0v) is 26.4. The van der Waals surface area contributed by atoms with Crippen LogP contribution in [0.4, 0.5) is 0 Å². The standard InChI is InChI=1S/C32H38BrNO8/c1-7-40-27-16-21(12-22(33)31(27)36)29-28(32(37)42-11-10-41-17(2)3)18(4)34-23-13-20(14-24(35)30(23)29)19-8-9-25(38-5)26(15-19)39-6/h8-9,12,15-17,20,29,34,36H,7,10-11,13-14H2,1-6H3/t20-,29+/m0/s1. The number of carbonyl (C=O) groups excluding carboxylic acids is 2. The van der Waals surface area contributed by atoms with Gasteiger partial charge in [-0.15, -0.1) is 0 Å². The highest BCUT2D eigenvalue weighted by molar-refractivity contribution is 9.10. The van der Waals surface area contributed by atoms with Gasteiger partial charge in [0.25, 0.3) is 0 Å². The maximum atomic E-state index is 14.0. The van der Waals surface area contributed by atoms with Gasteiger partial charge in [-0.3, -0.25) is 4.79 Å². The molecule has 2 aliphatic rings. The van der Waals surface area contributed by atoms with Gasteiger partial charge in [-0.1, -0.05) is 6.07 Å². The van der Waals surface area contributed by atoms with Crippen LogP contribution in [0.2, 0.25) is 0 Å². The summed E-state index contributed by atoms with van der Waals surface area (Å²) in [7, 11) is 3.16. The van der Waals surface area contributed by atoms with E-state index in [0.717, 1.165) is 11.3 Å². The second-order valence-electron chi connectivity index (χ2n) is 10.5. The summed E-state index contributed by atoms with van der Waals surface area (Å²) in [6.45, 7) is 8.10. The monoisotopic (exact) mass is 643 g/mol. The van der Waals surface area contributed by atoms with E-state index in [9.17, 15) is 14.7 Å². The number of aromatic hydroxyl groups is 1. The second kappa shape index (κ2) is 13.6. The van der Waals surface area contributed by atoms with Crippen molar-refractivity contribution in [1.82, 2.24) is 5.32 Å². The molecule has 4 rings (SSSR count). The lowest BCUT2D eigenvalue weighted by Gasteiger charge is -2.37. The first-order valence-electron chi connectivity index (χ1n) is 14.0. The number of hydrogen-bond donors (Lipinski definition) is 2. The molecule has 226 valence electrons. The van der Waals surface area contributed by atoms with Crippen molar-refractivity contribution in [2.24, 2.45) is 0 Å². The summed E-state index contributed by atoms with van der Waals surface area (Å²) < 4.78 is 28.1. The Morgan fingerprint density at radius 3 is 2.43 bits per heavy atom. The number of benzene rings is 2. The molecule has 0 unspecified atom stereocenters. The van der Waals surface area contributed by atoms with Gasteiger partial charge in [0.05, 0.1) is 43.6 Å². The lowest BCUT2D eigenvalue weighted by atomic mass is 9.71. The van der Waals surface area contributed by atoms with Crippen molar-refractivity contribution >= 4 is 27.7 Å². The van der Waals surface area contributed by atoms with Crippen LogP contribution in [-0.4, -0.2) is 57.0 Å². The Bertz CT molecular complexity index is 1410. The van der Waals surface area contributed by atoms with E-state index >= 15 is 0 Å². The molecule has 2 aromatic rings. The highest BCUT2D eigenvalue weighted by atomic mass is 79.9. The zero-order chi connectivity index (χ0) is 30.6. The lowest BCUT2D eigenvalue weighted by molar-refractivity contribution is -0.141. The van der Waals surface area contributed by atoms with Crippen LogP contribution >= 0.6 is 15.9 Å². The third-order valence-electron chi connectivity index (χ3n) is 7.38. The Morgan fingerprint density at radius 2 is 1.76 bits per heavy atom. The number of rotatable bonds is 11. The Balaban J connectivity index is 1.77. The van der Waals surface area contributed by atoms with Crippen LogP contribution in [0.25, 0.3) is 0 Å². The maximum Gasteiger partial charge on any atom is 0.336 e. The first-order chi connectivity index (χ1) is 20.1. The molecule has 0 fully saturated rings. The summed E-state index contributed by atoms with van der Waals surface area (Å²) in [5.41, 5.74) is 3.75. The van der Waals surface area contributed by atoms with Crippen LogP contribution in [-0.2, 0) is 19.1 Å². The molecule has 0 aromatic heterocycles. The van der Waals surface area contributed by atoms with Crippen molar-refractivity contribution in [2.75, 3.05) is 34.0 Å². The van der Waals surface area contributed by atoms with Crippen molar-refractivity contribution in [2.45, 2.75) is 58.5 Å². The molecule has 0 radical (unpaired) electrons. The predicted octanol–water partition coefficient (Wildman–Crippen LogP) is 5.90. The Labute approximate surface area is 254 Å². The van der Waals surface area contributed by atoms with Crippen molar-refractivity contribution in [3.8, 4) is 23.0 Å². The van der Waals surface area contributed by atoms with Gasteiger partial charge < -0.3 is 34.1 Å². The molecule has 1 aliphatic carbocycles. The minimum Gasteiger partial charge on any atom is -0.503 e. The van der Waals surface area contributed by atoms with E-state index in [1.807, 2.05) is 39.0 Å². The molecule has 0 spiro atoms. The summed E-state index contributed by atoms with van der Waals surface area (Å²) in [6, 6.07) is 9.08. The van der Waals surface area contributed by atoms with E-state index in [0.29, 0.717) is 51.4 Å². The van der Waals surface area contributed by atoms with E-state index in [1.165, 1.54) is 0 Å². The summed E-state index contributed by atoms with van der Waals surface area (Å²) in [5.74, 6) is -0.0522. The summed E-state index contributed by atoms with van der Waals surface area (Å²) in [6.07, 6.45) is 0.798. The van der Waals surface area contributed by atoms with Gasteiger partial charge in [0.2, 0.25) is 0 Å². The molecule has 0 saturated carbocycles. The number of nitrogens with one attached hydrogen (secondary N) is 1. The normalized spacial score (nSPS) is 18.5. The SMILES string of the molecule is CCOc1cc([C@@H]2C(C(=O)OCCOC(C)C)=C(C)NC3=C2C(=O)C[C@@H](c2ccc(OC)c(OC)c2)C3)cc(Br)c1O. The molecule has 9 nitrogen and oxygen atoms in total. The smallest absolute Gasteiger partial charge is 0.336 e. The molecule has 1 aliphatic heterocycles. The van der Waals surface area contributed by atoms with Crippen LogP contribution in [0, 0.1) is 0 Å². The van der Waals surface area contributed by atoms with E-state index in [-0.39, 0.29) is 48.9 Å². The third kappa shape index (κ3) is 6.60. The van der Waals surface area contributed by atoms with Crippen molar-refractivity contribution < 1.29 is 38.4 Å². The van der Waals surface area contributed by atoms with Gasteiger partial charge >= 0.3 is 5.97 Å². The molecule has 0 bridgehead atoms. The zero-order valence-electron chi connectivity index (χ0n) is 24.8. The number of Topliss-reactive ketones (excluding diaryl/α,β-unsaturated/α-hetero) is 1. The van der Waals surface area contributed by atoms with E-state index in [4.69, 9.17) is 23.7 Å². The average molecular weight is 645 g/mol. The lowest BCUT2D eigenvalue weighted by Crippen LogP contribution is -2.36. The molecule has 10 heteroatoms. The van der Waals surface area contributed by atoms with Crippen LogP contribution in [0.5, 0.6) is 23.0 Å². The summed E-state index contributed by atoms with van der Waals surface area (Å²) in [5, 5.41) is 14.0. The average Bonchev–Trinajstić information content (AvgIpc) is 2.96. The number of dihydropyridines is 1. The Hall–Kier alpha value is -3.50. The molecule has 2 N–H and O–H groups in total. The molecule has 0 amide bonds. The highest BCUT2D eigenvalue weighted by Gasteiger charge is 2.42. The van der Waals surface area contributed by atoms with Gasteiger partial charge in [-0.05, 0) is 91.4 Å². The highest BCUT2D eigenvalue weighted by Crippen LogP contribution is 2.48. The topological polar surface area (TPSA) is 113 Å². The number of allylic oxidation sites excluding steroid dienone is 3. The fourth-order valence-corrected chi connectivity index (χ4v) is 5.97. The van der Waals surface area contributed by atoms with Gasteiger partial charge in [-0.25, -0.2) is 4.79 Å². The molecule has 2 aromatic carbocycles. The quantitative estimate of drug-likeness (QED) is 0.228. The predicted molar refractivity (Wildman–Crippen MR) is 161 cm³/mol. The van der Waals surface area contributed by atoms with Gasteiger partial charge in [0.15, 0.2) is 28.8 Å². The van der Waals surface area contributed by atoms with Crippen molar-refractivity contribution in [3.05, 3.63) is 68.5 Å². The van der Waals surface area contributed by atoms with E-state index in [1.54, 1.807) is 33.3 Å². The fourth-order valence-electron chi connectivity index (χ4n) is 5.51. The molecule has 2 atom stereocenters. The number of phenolic OH excluding ortho intramolecular Hbond substituents is 1. The van der Waals surface area contributed by atoms with E-state index in [2.05, 4.69) is 21.2 Å². The minimum absolute atomic E-state index is 0.00581. The van der Waals surface area contributed by atoms with Crippen molar-refractivity contribution in [3.63, 3.8) is 0 Å². The number of ketones is 1. The number of methoxy groups -OCH3 is 2. The number of hydrogen-bond acceptors (Lipinski definition) is 9. The fraction of sp³-hybridized carbons (Fsp3) is 0.438. The number of esters is 1. The maximum absolute atomic E-state index is 14.0. The van der Waals surface area contributed by atoms with Gasteiger partial charge in [0, 0.05) is 29.3 Å². The van der Waals surface area contributed by atoms with Gasteiger partial charge in [-0.2, -0.15) is 0 Å². The molecular weight excluding hydrogens is 606 g/mol. The largest absolute Gasteiger partial charge is 0.503 e. The first-order valence-corrected chi connectivity index (χ1v) is 14.8. The third-order valence-corrected chi connectivity index (χ3v) is 7.98. The van der Waals surface area contributed by atoms with Crippen molar-refractivity contribution in [1.29, 1.82) is 0 Å². The summed E-state index contributed by atoms with van der Waals surface area (Å²) in [4.78, 5) is 27.6. The van der Waals surface area contributed by atoms with Crippen LogP contribution in [0.15, 0.2) is 57.3 Å². The number of carbonyl (C=O) groups is 2. The molecular formula is C32H38BrNO8. The number of ether oxygens (including phenoxy) is 5. The molecule has 1 heterocycles.